The maximum absolute atomic E-state index is 12.6. The van der Waals surface area contributed by atoms with Crippen LogP contribution >= 0.6 is 0 Å². The zero-order valence-electron chi connectivity index (χ0n) is 18.4. The summed E-state index contributed by atoms with van der Waals surface area (Å²) < 4.78 is 1.79. The Hall–Kier alpha value is -3.53. The van der Waals surface area contributed by atoms with E-state index in [0.717, 1.165) is 13.1 Å². The molecule has 0 atom stereocenters. The van der Waals surface area contributed by atoms with Gasteiger partial charge < -0.3 is 9.88 Å². The summed E-state index contributed by atoms with van der Waals surface area (Å²) in [6.45, 7) is 9.59. The number of hydrogen-bond donors (Lipinski definition) is 2. The van der Waals surface area contributed by atoms with Crippen LogP contribution in [0.3, 0.4) is 0 Å². The second kappa shape index (κ2) is 7.56. The van der Waals surface area contributed by atoms with Gasteiger partial charge in [-0.25, -0.2) is 9.67 Å². The van der Waals surface area contributed by atoms with Crippen molar-refractivity contribution in [1.29, 1.82) is 0 Å². The average molecular weight is 435 g/mol. The minimum absolute atomic E-state index is 0.116. The van der Waals surface area contributed by atoms with Crippen molar-refractivity contribution in [2.24, 2.45) is 0 Å². The zero-order valence-corrected chi connectivity index (χ0v) is 18.4. The normalized spacial score (nSPS) is 15.7. The molecule has 4 aromatic rings. The highest BCUT2D eigenvalue weighted by Crippen LogP contribution is 2.20. The Morgan fingerprint density at radius 3 is 2.41 bits per heavy atom. The molecule has 3 aromatic heterocycles. The number of H-pyrrole nitrogens is 2. The van der Waals surface area contributed by atoms with E-state index >= 15 is 0 Å². The molecule has 2 N–H and O–H groups in total. The van der Waals surface area contributed by atoms with Crippen molar-refractivity contribution in [2.75, 3.05) is 31.1 Å². The Balaban J connectivity index is 1.33. The zero-order chi connectivity index (χ0) is 22.5. The number of nitrogens with zero attached hydrogens (tertiary/aromatic N) is 6. The molecule has 10 nitrogen and oxygen atoms in total. The fraction of sp³-hybridized carbons (Fsp3) is 0.409. The maximum Gasteiger partial charge on any atom is 0.263 e. The van der Waals surface area contributed by atoms with Gasteiger partial charge in [0.1, 0.15) is 11.2 Å². The molecule has 0 radical (unpaired) electrons. The van der Waals surface area contributed by atoms with Crippen LogP contribution in [0.5, 0.6) is 0 Å². The fourth-order valence-electron chi connectivity index (χ4n) is 4.09. The van der Waals surface area contributed by atoms with Crippen LogP contribution < -0.4 is 16.0 Å². The first-order valence-corrected chi connectivity index (χ1v) is 10.7. The molecule has 1 fully saturated rings. The molecule has 0 saturated carbocycles. The Kier molecular flexibility index (Phi) is 4.81. The monoisotopic (exact) mass is 434 g/mol. The second-order valence-electron chi connectivity index (χ2n) is 9.15. The Morgan fingerprint density at radius 1 is 0.938 bits per heavy atom. The molecular formula is C22H26N8O2. The maximum atomic E-state index is 12.6. The lowest BCUT2D eigenvalue weighted by atomic mass is 10.1. The lowest BCUT2D eigenvalue weighted by molar-refractivity contribution is 0.243. The number of piperazine rings is 1. The van der Waals surface area contributed by atoms with Gasteiger partial charge in [0.25, 0.3) is 11.1 Å². The van der Waals surface area contributed by atoms with Gasteiger partial charge in [0.2, 0.25) is 5.95 Å². The summed E-state index contributed by atoms with van der Waals surface area (Å²) in [5.74, 6) is 1.22. The Labute approximate surface area is 183 Å². The average Bonchev–Trinajstić information content (AvgIpc) is 3.20. The van der Waals surface area contributed by atoms with Gasteiger partial charge in [0, 0.05) is 26.2 Å². The molecule has 1 aliphatic heterocycles. The Bertz CT molecular complexity index is 1400. The highest BCUT2D eigenvalue weighted by Gasteiger charge is 2.23. The van der Waals surface area contributed by atoms with Crippen molar-refractivity contribution in [3.63, 3.8) is 0 Å². The third-order valence-electron chi connectivity index (χ3n) is 5.77. The number of benzene rings is 1. The predicted molar refractivity (Wildman–Crippen MR) is 123 cm³/mol. The molecule has 1 aromatic carbocycles. The van der Waals surface area contributed by atoms with Crippen molar-refractivity contribution in [3.8, 4) is 0 Å². The van der Waals surface area contributed by atoms with Gasteiger partial charge in [0.05, 0.1) is 29.2 Å². The third-order valence-corrected chi connectivity index (χ3v) is 5.77. The van der Waals surface area contributed by atoms with E-state index in [1.54, 1.807) is 16.9 Å². The summed E-state index contributed by atoms with van der Waals surface area (Å²) in [7, 11) is 0. The molecular weight excluding hydrogens is 408 g/mol. The molecule has 0 unspecified atom stereocenters. The summed E-state index contributed by atoms with van der Waals surface area (Å²) >= 11 is 0. The van der Waals surface area contributed by atoms with E-state index < -0.39 is 0 Å². The van der Waals surface area contributed by atoms with E-state index in [-0.39, 0.29) is 16.7 Å². The van der Waals surface area contributed by atoms with Gasteiger partial charge in [0.15, 0.2) is 5.65 Å². The van der Waals surface area contributed by atoms with Gasteiger partial charge in [-0.3, -0.25) is 19.5 Å². The lowest BCUT2D eigenvalue weighted by Gasteiger charge is -2.34. The molecule has 1 aliphatic rings. The smallest absolute Gasteiger partial charge is 0.263 e. The van der Waals surface area contributed by atoms with E-state index in [1.807, 2.05) is 39.0 Å². The number of anilines is 1. The summed E-state index contributed by atoms with van der Waals surface area (Å²) in [6, 6.07) is 7.35. The van der Waals surface area contributed by atoms with Crippen LogP contribution in [0.1, 0.15) is 26.6 Å². The van der Waals surface area contributed by atoms with E-state index in [0.29, 0.717) is 53.3 Å². The number of rotatable bonds is 3. The number of hydrogen-bond acceptors (Lipinski definition) is 7. The molecule has 1 saturated heterocycles. The Morgan fingerprint density at radius 2 is 1.66 bits per heavy atom. The summed E-state index contributed by atoms with van der Waals surface area (Å²) in [5.41, 5.74) is 0.727. The van der Waals surface area contributed by atoms with Gasteiger partial charge in [-0.1, -0.05) is 12.1 Å². The number of aromatic nitrogens is 6. The van der Waals surface area contributed by atoms with Crippen LogP contribution in [0.25, 0.3) is 21.9 Å². The van der Waals surface area contributed by atoms with Crippen LogP contribution in [0.2, 0.25) is 0 Å². The van der Waals surface area contributed by atoms with Crippen LogP contribution in [0.4, 0.5) is 5.95 Å². The summed E-state index contributed by atoms with van der Waals surface area (Å²) in [6.07, 6.45) is 1.57. The highest BCUT2D eigenvalue weighted by molar-refractivity contribution is 5.77. The van der Waals surface area contributed by atoms with Crippen molar-refractivity contribution in [1.82, 2.24) is 34.6 Å². The highest BCUT2D eigenvalue weighted by atomic mass is 16.1. The van der Waals surface area contributed by atoms with Crippen molar-refractivity contribution in [2.45, 2.75) is 32.9 Å². The molecule has 32 heavy (non-hydrogen) atoms. The number of fused-ring (bicyclic) bond motifs is 2. The SMILES string of the molecule is CC(C)(C)n1ncc2c(=O)[nH]c(N3CCN(Cc4nc5ccccc5c(=O)[nH]4)CC3)nc21. The first-order chi connectivity index (χ1) is 15.3. The van der Waals surface area contributed by atoms with Gasteiger partial charge >= 0.3 is 0 Å². The number of nitrogens with one attached hydrogen (secondary N) is 2. The van der Waals surface area contributed by atoms with Crippen LogP contribution in [-0.2, 0) is 12.1 Å². The van der Waals surface area contributed by atoms with Gasteiger partial charge in [-0.15, -0.1) is 0 Å². The predicted octanol–water partition coefficient (Wildman–Crippen LogP) is 1.43. The summed E-state index contributed by atoms with van der Waals surface area (Å²) in [5, 5.41) is 5.46. The number of para-hydroxylation sites is 1. The van der Waals surface area contributed by atoms with E-state index in [4.69, 9.17) is 4.98 Å². The van der Waals surface area contributed by atoms with Crippen LogP contribution in [0, 0.1) is 0 Å². The first-order valence-electron chi connectivity index (χ1n) is 10.7. The quantitative estimate of drug-likeness (QED) is 0.501. The number of aromatic amines is 2. The molecule has 5 rings (SSSR count). The molecule has 0 amide bonds. The van der Waals surface area contributed by atoms with Crippen molar-refractivity contribution < 1.29 is 0 Å². The summed E-state index contributed by atoms with van der Waals surface area (Å²) in [4.78, 5) is 44.4. The van der Waals surface area contributed by atoms with Gasteiger partial charge in [-0.05, 0) is 32.9 Å². The molecule has 0 spiro atoms. The van der Waals surface area contributed by atoms with Gasteiger partial charge in [-0.2, -0.15) is 10.1 Å². The standard InChI is InChI=1S/C22H26N8O2/c1-22(2,3)30-18-15(12-23-30)20(32)27-21(26-18)29-10-8-28(9-11-29)13-17-24-16-7-5-4-6-14(16)19(31)25-17/h4-7,12H,8-11,13H2,1-3H3,(H,24,25,31)(H,26,27,32). The second-order valence-corrected chi connectivity index (χ2v) is 9.15. The van der Waals surface area contributed by atoms with E-state index in [1.165, 1.54) is 0 Å². The first kappa shape index (κ1) is 20.4. The van der Waals surface area contributed by atoms with Crippen molar-refractivity contribution >= 4 is 27.9 Å². The molecule has 166 valence electrons. The lowest BCUT2D eigenvalue weighted by Crippen LogP contribution is -2.47. The largest absolute Gasteiger partial charge is 0.340 e. The van der Waals surface area contributed by atoms with Crippen molar-refractivity contribution in [3.05, 3.63) is 57.0 Å². The van der Waals surface area contributed by atoms with E-state index in [9.17, 15) is 9.59 Å². The van der Waals surface area contributed by atoms with E-state index in [2.05, 4.69) is 29.9 Å². The molecule has 10 heteroatoms. The van der Waals surface area contributed by atoms with Crippen LogP contribution in [-0.4, -0.2) is 60.8 Å². The minimum atomic E-state index is -0.276. The minimum Gasteiger partial charge on any atom is -0.340 e. The third kappa shape index (κ3) is 3.66. The van der Waals surface area contributed by atoms with Crippen LogP contribution in [0.15, 0.2) is 40.1 Å². The molecule has 0 aliphatic carbocycles. The molecule has 0 bridgehead atoms. The topological polar surface area (TPSA) is 116 Å². The molecule has 4 heterocycles. The fourth-order valence-corrected chi connectivity index (χ4v) is 4.09.